The maximum absolute atomic E-state index is 13.4. The van der Waals surface area contributed by atoms with Crippen molar-refractivity contribution in [2.75, 3.05) is 45.0 Å². The molecule has 1 unspecified atom stereocenters. The second-order valence-corrected chi connectivity index (χ2v) is 13.6. The van der Waals surface area contributed by atoms with Gasteiger partial charge in [0.2, 0.25) is 0 Å². The average molecular weight is 609 g/mol. The van der Waals surface area contributed by atoms with Gasteiger partial charge in [0, 0.05) is 64.1 Å². The quantitative estimate of drug-likeness (QED) is 0.403. The number of piperidine rings is 2. The maximum atomic E-state index is 13.4. The molecule has 1 aromatic carbocycles. The van der Waals surface area contributed by atoms with Crippen LogP contribution in [-0.4, -0.2) is 87.4 Å². The number of nitrogens with two attached hydrogens (primary N) is 1. The van der Waals surface area contributed by atoms with Gasteiger partial charge in [-0.1, -0.05) is 39.0 Å². The van der Waals surface area contributed by atoms with E-state index >= 15 is 0 Å². The van der Waals surface area contributed by atoms with Gasteiger partial charge in [0.05, 0.1) is 11.9 Å². The minimum Gasteiger partial charge on any atom is -0.442 e. The summed E-state index contributed by atoms with van der Waals surface area (Å²) in [6.45, 7) is 7.12. The number of carbonyl (C=O) groups is 2. The summed E-state index contributed by atoms with van der Waals surface area (Å²) < 4.78 is 21.3. The smallest absolute Gasteiger partial charge is 0.410 e. The van der Waals surface area contributed by atoms with Gasteiger partial charge in [-0.2, -0.15) is 5.10 Å². The highest BCUT2D eigenvalue weighted by Gasteiger charge is 2.50. The predicted molar refractivity (Wildman–Crippen MR) is 168 cm³/mol. The number of ether oxygens (including phenoxy) is 1. The van der Waals surface area contributed by atoms with E-state index in [-0.39, 0.29) is 29.2 Å². The number of likely N-dealkylation sites (tertiary alicyclic amines) is 2. The van der Waals surface area contributed by atoms with Crippen LogP contribution in [0, 0.1) is 17.7 Å². The van der Waals surface area contributed by atoms with Crippen LogP contribution in [0.1, 0.15) is 94.3 Å². The van der Waals surface area contributed by atoms with E-state index < -0.39 is 0 Å². The number of hydrogen-bond acceptors (Lipinski definition) is 6. The molecule has 3 saturated heterocycles. The molecule has 10 heteroatoms. The highest BCUT2D eigenvalue weighted by atomic mass is 19.1. The van der Waals surface area contributed by atoms with E-state index in [2.05, 4.69) is 16.9 Å². The summed E-state index contributed by atoms with van der Waals surface area (Å²) in [6.07, 6.45) is 14.8. The molecule has 6 rings (SSSR count). The molecule has 1 aliphatic carbocycles. The highest BCUT2D eigenvalue weighted by Crippen LogP contribution is 2.42. The number of rotatable bonds is 8. The summed E-state index contributed by atoms with van der Waals surface area (Å²) in [5.74, 6) is 0.834. The molecule has 4 heterocycles. The zero-order chi connectivity index (χ0) is 30.7. The molecule has 0 bridgehead atoms. The lowest BCUT2D eigenvalue weighted by atomic mass is 9.75. The normalized spacial score (nSPS) is 23.7. The minimum absolute atomic E-state index is 0.0920. The van der Waals surface area contributed by atoms with Gasteiger partial charge in [-0.15, -0.1) is 0 Å². The third-order valence-electron chi connectivity index (χ3n) is 10.9. The lowest BCUT2D eigenvalue weighted by molar-refractivity contribution is -0.127. The molecule has 2 N–H and O–H groups in total. The number of nitrogens with zero attached hydrogens (tertiary/aromatic N) is 5. The van der Waals surface area contributed by atoms with Crippen molar-refractivity contribution in [3.05, 3.63) is 41.8 Å². The van der Waals surface area contributed by atoms with Crippen molar-refractivity contribution in [3.8, 4) is 5.69 Å². The second kappa shape index (κ2) is 13.5. The van der Waals surface area contributed by atoms with Crippen molar-refractivity contribution >= 4 is 17.8 Å². The van der Waals surface area contributed by atoms with Gasteiger partial charge in [0.1, 0.15) is 22.8 Å². The molecule has 1 atom stereocenters. The monoisotopic (exact) mass is 608 g/mol. The summed E-state index contributed by atoms with van der Waals surface area (Å²) in [4.78, 5) is 33.2. The van der Waals surface area contributed by atoms with Crippen LogP contribution in [0.4, 0.5) is 15.0 Å². The lowest BCUT2D eigenvalue weighted by Crippen LogP contribution is -2.61. The van der Waals surface area contributed by atoms with Crippen LogP contribution in [0.2, 0.25) is 0 Å². The Balaban J connectivity index is 1.03. The molecule has 240 valence electrons. The number of hydrogen-bond donors (Lipinski definition) is 1. The van der Waals surface area contributed by atoms with Crippen molar-refractivity contribution in [2.24, 2.45) is 11.8 Å². The number of unbranched alkanes of at least 4 members (excludes halogenated alkanes) is 1. The van der Waals surface area contributed by atoms with Gasteiger partial charge < -0.3 is 20.3 Å². The van der Waals surface area contributed by atoms with E-state index in [9.17, 15) is 14.0 Å². The Morgan fingerprint density at radius 1 is 1.05 bits per heavy atom. The molecule has 2 amide bonds. The molecular formula is C34H49FN6O3. The zero-order valence-electron chi connectivity index (χ0n) is 26.3. The summed E-state index contributed by atoms with van der Waals surface area (Å²) in [5, 5.41) is 4.30. The fourth-order valence-corrected chi connectivity index (χ4v) is 8.16. The van der Waals surface area contributed by atoms with Gasteiger partial charge in [-0.05, 0) is 62.3 Å². The summed E-state index contributed by atoms with van der Waals surface area (Å²) in [5.41, 5.74) is 6.96. The highest BCUT2D eigenvalue weighted by molar-refractivity contribution is 5.98. The molecule has 2 aromatic rings. The Kier molecular flexibility index (Phi) is 9.45. The zero-order valence-corrected chi connectivity index (χ0v) is 26.3. The molecule has 4 fully saturated rings. The molecule has 3 aliphatic heterocycles. The molecule has 1 saturated carbocycles. The summed E-state index contributed by atoms with van der Waals surface area (Å²) in [7, 11) is 0. The fraction of sp³-hybridized carbons (Fsp3) is 0.676. The summed E-state index contributed by atoms with van der Waals surface area (Å²) in [6, 6.07) is 6.29. The topological polar surface area (TPSA) is 96.9 Å². The Morgan fingerprint density at radius 3 is 2.43 bits per heavy atom. The van der Waals surface area contributed by atoms with Gasteiger partial charge in [0.25, 0.3) is 5.91 Å². The van der Waals surface area contributed by atoms with Crippen LogP contribution < -0.4 is 5.73 Å². The first-order valence-electron chi connectivity index (χ1n) is 17.0. The third-order valence-corrected chi connectivity index (χ3v) is 10.9. The van der Waals surface area contributed by atoms with Crippen LogP contribution in [0.3, 0.4) is 0 Å². The first kappa shape index (κ1) is 30.9. The Labute approximate surface area is 260 Å². The number of halogens is 1. The maximum Gasteiger partial charge on any atom is 0.410 e. The first-order valence-corrected chi connectivity index (χ1v) is 17.0. The van der Waals surface area contributed by atoms with E-state index in [0.29, 0.717) is 42.2 Å². The average Bonchev–Trinajstić information content (AvgIpc) is 3.43. The van der Waals surface area contributed by atoms with Crippen LogP contribution >= 0.6 is 0 Å². The van der Waals surface area contributed by atoms with E-state index in [1.54, 1.807) is 12.1 Å². The second-order valence-electron chi connectivity index (χ2n) is 13.6. The number of carbonyl (C=O) groups excluding carboxylic acids is 2. The van der Waals surface area contributed by atoms with E-state index in [4.69, 9.17) is 10.5 Å². The van der Waals surface area contributed by atoms with Crippen LogP contribution in [0.25, 0.3) is 5.69 Å². The van der Waals surface area contributed by atoms with Crippen LogP contribution in [0.15, 0.2) is 30.5 Å². The van der Waals surface area contributed by atoms with E-state index in [0.717, 1.165) is 64.7 Å². The molecule has 4 aliphatic rings. The molecule has 9 nitrogen and oxygen atoms in total. The summed E-state index contributed by atoms with van der Waals surface area (Å²) >= 11 is 0. The predicted octanol–water partition coefficient (Wildman–Crippen LogP) is 5.87. The van der Waals surface area contributed by atoms with Crippen molar-refractivity contribution in [2.45, 2.75) is 95.6 Å². The standard InChI is InChI=1S/C34H49FN6O3/c1-2-3-9-26-24-40(23-25-7-5-4-6-8-25)33(43)44-34(26)16-20-38(21-17-34)28-14-18-39(19-15-28)32(42)30-22-37-41(31(30)36)29-12-10-27(35)11-13-29/h10-13,22,25-26,28H,2-9,14-21,23-24,36H2,1H3. The van der Waals surface area contributed by atoms with Crippen molar-refractivity contribution in [1.82, 2.24) is 24.5 Å². The Hall–Kier alpha value is -3.14. The van der Waals surface area contributed by atoms with Gasteiger partial charge in [-0.3, -0.25) is 9.69 Å². The Bertz CT molecular complexity index is 1280. The molecule has 1 aromatic heterocycles. The largest absolute Gasteiger partial charge is 0.442 e. The van der Waals surface area contributed by atoms with E-state index in [1.165, 1.54) is 61.5 Å². The van der Waals surface area contributed by atoms with Gasteiger partial charge in [0.15, 0.2) is 0 Å². The van der Waals surface area contributed by atoms with Crippen molar-refractivity contribution < 1.29 is 18.7 Å². The number of aromatic nitrogens is 2. The number of anilines is 1. The van der Waals surface area contributed by atoms with E-state index in [1.807, 2.05) is 9.80 Å². The SMILES string of the molecule is CCCCC1CN(CC2CCCCC2)C(=O)OC12CCN(C1CCN(C(=O)c3cnn(-c4ccc(F)cc4)c3N)CC1)CC2. The van der Waals surface area contributed by atoms with Crippen LogP contribution in [-0.2, 0) is 4.74 Å². The molecule has 0 radical (unpaired) electrons. The molecule has 44 heavy (non-hydrogen) atoms. The molecule has 1 spiro atoms. The number of amides is 2. The first-order chi connectivity index (χ1) is 21.4. The lowest BCUT2D eigenvalue weighted by Gasteiger charge is -2.52. The fourth-order valence-electron chi connectivity index (χ4n) is 8.16. The number of nitrogen functional groups attached to an aromatic ring is 1. The van der Waals surface area contributed by atoms with Gasteiger partial charge in [-0.25, -0.2) is 13.9 Å². The minimum atomic E-state index is -0.343. The Morgan fingerprint density at radius 2 is 1.75 bits per heavy atom. The molecular weight excluding hydrogens is 559 g/mol. The van der Waals surface area contributed by atoms with Crippen LogP contribution in [0.5, 0.6) is 0 Å². The third kappa shape index (κ3) is 6.46. The van der Waals surface area contributed by atoms with Gasteiger partial charge >= 0.3 is 6.09 Å². The number of benzene rings is 1. The van der Waals surface area contributed by atoms with Crippen molar-refractivity contribution in [3.63, 3.8) is 0 Å². The van der Waals surface area contributed by atoms with Crippen molar-refractivity contribution in [1.29, 1.82) is 0 Å².